The highest BCUT2D eigenvalue weighted by Crippen LogP contribution is 2.21. The number of unbranched alkanes of at least 4 members (excludes halogenated alkanes) is 1. The van der Waals surface area contributed by atoms with E-state index in [1.165, 1.54) is 4.68 Å². The number of esters is 1. The van der Waals surface area contributed by atoms with Crippen LogP contribution in [-0.2, 0) is 16.1 Å². The molecule has 2 aromatic rings. The van der Waals surface area contributed by atoms with Crippen LogP contribution >= 0.6 is 11.6 Å². The Labute approximate surface area is 161 Å². The van der Waals surface area contributed by atoms with Gasteiger partial charge in [0.05, 0.1) is 5.69 Å². The predicted molar refractivity (Wildman–Crippen MR) is 101 cm³/mol. The van der Waals surface area contributed by atoms with Crippen molar-refractivity contribution in [3.8, 4) is 0 Å². The molecule has 2 N–H and O–H groups in total. The maximum absolute atomic E-state index is 12.2. The van der Waals surface area contributed by atoms with E-state index < -0.39 is 24.5 Å². The van der Waals surface area contributed by atoms with E-state index >= 15 is 0 Å². The van der Waals surface area contributed by atoms with Crippen molar-refractivity contribution in [2.75, 3.05) is 11.9 Å². The molecular formula is C18H21ClN4O4. The number of para-hydroxylation sites is 1. The molecule has 2 rings (SSSR count). The highest BCUT2D eigenvalue weighted by molar-refractivity contribution is 6.32. The number of nitrogens with zero attached hydrogens (tertiary/aromatic N) is 2. The number of nitrogens with one attached hydrogen (secondary N) is 2. The molecule has 0 saturated heterocycles. The summed E-state index contributed by atoms with van der Waals surface area (Å²) in [7, 11) is 0. The van der Waals surface area contributed by atoms with Gasteiger partial charge in [-0.15, -0.1) is 0 Å². The first-order chi connectivity index (χ1) is 12.9. The summed E-state index contributed by atoms with van der Waals surface area (Å²) in [6.45, 7) is 3.64. The summed E-state index contributed by atoms with van der Waals surface area (Å²) < 4.78 is 6.48. The average Bonchev–Trinajstić information content (AvgIpc) is 2.92. The Bertz CT molecular complexity index is 820. The SMILES string of the molecule is CCCCn1nc(C)c(C(=O)OCC(=O)NC(=O)Nc2ccccc2)c1Cl. The minimum atomic E-state index is -0.765. The van der Waals surface area contributed by atoms with Crippen LogP contribution in [0.5, 0.6) is 0 Å². The topological polar surface area (TPSA) is 102 Å². The molecule has 0 fully saturated rings. The van der Waals surface area contributed by atoms with Crippen LogP contribution in [0.3, 0.4) is 0 Å². The molecule has 8 nitrogen and oxygen atoms in total. The van der Waals surface area contributed by atoms with Gasteiger partial charge in [0.2, 0.25) is 0 Å². The summed E-state index contributed by atoms with van der Waals surface area (Å²) in [5.41, 5.74) is 1.07. The van der Waals surface area contributed by atoms with E-state index in [0.717, 1.165) is 12.8 Å². The Kier molecular flexibility index (Phi) is 7.36. The molecule has 1 heterocycles. The fourth-order valence-corrected chi connectivity index (χ4v) is 2.63. The maximum atomic E-state index is 12.2. The molecule has 0 bridgehead atoms. The quantitative estimate of drug-likeness (QED) is 0.704. The van der Waals surface area contributed by atoms with Crippen LogP contribution in [0.15, 0.2) is 30.3 Å². The number of imide groups is 1. The number of anilines is 1. The summed E-state index contributed by atoms with van der Waals surface area (Å²) in [6.07, 6.45) is 1.83. The number of urea groups is 1. The third-order valence-corrected chi connectivity index (χ3v) is 4.00. The van der Waals surface area contributed by atoms with Crippen LogP contribution in [0, 0.1) is 6.92 Å². The minimum Gasteiger partial charge on any atom is -0.452 e. The fraction of sp³-hybridized carbons (Fsp3) is 0.333. The molecule has 0 saturated carbocycles. The third-order valence-electron chi connectivity index (χ3n) is 3.61. The second kappa shape index (κ2) is 9.72. The van der Waals surface area contributed by atoms with Gasteiger partial charge in [-0.1, -0.05) is 43.1 Å². The number of ether oxygens (including phenoxy) is 1. The molecule has 1 aromatic carbocycles. The van der Waals surface area contributed by atoms with Gasteiger partial charge < -0.3 is 10.1 Å². The van der Waals surface area contributed by atoms with Crippen LogP contribution in [-0.4, -0.2) is 34.3 Å². The summed E-state index contributed by atoms with van der Waals surface area (Å²) in [6, 6.07) is 7.91. The zero-order valence-corrected chi connectivity index (χ0v) is 15.9. The van der Waals surface area contributed by atoms with Crippen molar-refractivity contribution < 1.29 is 19.1 Å². The lowest BCUT2D eigenvalue weighted by atomic mass is 10.3. The number of amides is 3. The standard InChI is InChI=1S/C18H21ClN4O4/c1-3-4-10-23-16(19)15(12(2)22-23)17(25)27-11-14(24)21-18(26)20-13-8-6-5-7-9-13/h5-9H,3-4,10-11H2,1-2H3,(H2,20,21,24,26). The lowest BCUT2D eigenvalue weighted by Crippen LogP contribution is -2.37. The third kappa shape index (κ3) is 5.82. The van der Waals surface area contributed by atoms with Crippen LogP contribution in [0.1, 0.15) is 35.8 Å². The number of carbonyl (C=O) groups is 3. The van der Waals surface area contributed by atoms with E-state index in [-0.39, 0.29) is 10.7 Å². The van der Waals surface area contributed by atoms with Gasteiger partial charge in [-0.05, 0) is 25.5 Å². The van der Waals surface area contributed by atoms with E-state index in [0.29, 0.717) is 17.9 Å². The first-order valence-electron chi connectivity index (χ1n) is 8.48. The first-order valence-corrected chi connectivity index (χ1v) is 8.86. The van der Waals surface area contributed by atoms with Gasteiger partial charge in [0.15, 0.2) is 6.61 Å². The van der Waals surface area contributed by atoms with E-state index in [2.05, 4.69) is 15.7 Å². The van der Waals surface area contributed by atoms with Crippen LogP contribution in [0.25, 0.3) is 0 Å². The Balaban J connectivity index is 1.87. The summed E-state index contributed by atoms with van der Waals surface area (Å²) in [5.74, 6) is -1.53. The number of carbonyl (C=O) groups excluding carboxylic acids is 3. The first kappa shape index (κ1) is 20.4. The number of hydrogen-bond acceptors (Lipinski definition) is 5. The Morgan fingerprint density at radius 1 is 1.22 bits per heavy atom. The molecule has 0 atom stereocenters. The maximum Gasteiger partial charge on any atom is 0.343 e. The molecule has 144 valence electrons. The lowest BCUT2D eigenvalue weighted by molar-refractivity contribution is -0.123. The van der Waals surface area contributed by atoms with Gasteiger partial charge in [-0.2, -0.15) is 5.10 Å². The van der Waals surface area contributed by atoms with Crippen molar-refractivity contribution in [2.45, 2.75) is 33.2 Å². The van der Waals surface area contributed by atoms with Crippen molar-refractivity contribution in [1.82, 2.24) is 15.1 Å². The number of hydrogen-bond donors (Lipinski definition) is 2. The van der Waals surface area contributed by atoms with Gasteiger partial charge >= 0.3 is 12.0 Å². The normalized spacial score (nSPS) is 10.3. The van der Waals surface area contributed by atoms with Gasteiger partial charge in [0.25, 0.3) is 5.91 Å². The molecule has 3 amide bonds. The van der Waals surface area contributed by atoms with Crippen LogP contribution in [0.2, 0.25) is 5.15 Å². The molecule has 0 spiro atoms. The number of benzene rings is 1. The lowest BCUT2D eigenvalue weighted by Gasteiger charge is -2.07. The van der Waals surface area contributed by atoms with Crippen molar-refractivity contribution in [2.24, 2.45) is 0 Å². The van der Waals surface area contributed by atoms with E-state index in [9.17, 15) is 14.4 Å². The molecule has 0 aliphatic heterocycles. The smallest absolute Gasteiger partial charge is 0.343 e. The fourth-order valence-electron chi connectivity index (χ4n) is 2.29. The second-order valence-corrected chi connectivity index (χ2v) is 6.13. The molecule has 9 heteroatoms. The monoisotopic (exact) mass is 392 g/mol. The zero-order valence-electron chi connectivity index (χ0n) is 15.1. The van der Waals surface area contributed by atoms with Gasteiger partial charge in [-0.3, -0.25) is 14.8 Å². The highest BCUT2D eigenvalue weighted by atomic mass is 35.5. The number of aromatic nitrogens is 2. The van der Waals surface area contributed by atoms with Crippen LogP contribution in [0.4, 0.5) is 10.5 Å². The van der Waals surface area contributed by atoms with E-state index in [1.807, 2.05) is 6.92 Å². The second-order valence-electron chi connectivity index (χ2n) is 5.77. The number of aryl methyl sites for hydroxylation is 2. The Hall–Kier alpha value is -2.87. The molecule has 27 heavy (non-hydrogen) atoms. The highest BCUT2D eigenvalue weighted by Gasteiger charge is 2.22. The molecule has 0 radical (unpaired) electrons. The predicted octanol–water partition coefficient (Wildman–Crippen LogP) is 3.15. The molecule has 1 aromatic heterocycles. The largest absolute Gasteiger partial charge is 0.452 e. The summed E-state index contributed by atoms with van der Waals surface area (Å²) in [4.78, 5) is 35.7. The molecule has 0 unspecified atom stereocenters. The Morgan fingerprint density at radius 2 is 1.93 bits per heavy atom. The Morgan fingerprint density at radius 3 is 2.59 bits per heavy atom. The molecular weight excluding hydrogens is 372 g/mol. The summed E-state index contributed by atoms with van der Waals surface area (Å²) in [5, 5.41) is 8.95. The zero-order chi connectivity index (χ0) is 19.8. The van der Waals surface area contributed by atoms with Crippen molar-refractivity contribution in [1.29, 1.82) is 0 Å². The summed E-state index contributed by atoms with van der Waals surface area (Å²) >= 11 is 6.19. The minimum absolute atomic E-state index is 0.120. The van der Waals surface area contributed by atoms with Gasteiger partial charge in [0.1, 0.15) is 10.7 Å². The van der Waals surface area contributed by atoms with E-state index in [4.69, 9.17) is 16.3 Å². The van der Waals surface area contributed by atoms with Crippen molar-refractivity contribution in [3.05, 3.63) is 46.7 Å². The van der Waals surface area contributed by atoms with Gasteiger partial charge in [0, 0.05) is 12.2 Å². The van der Waals surface area contributed by atoms with Gasteiger partial charge in [-0.25, -0.2) is 9.59 Å². The molecule has 0 aliphatic carbocycles. The average molecular weight is 393 g/mol. The van der Waals surface area contributed by atoms with E-state index in [1.54, 1.807) is 37.3 Å². The van der Waals surface area contributed by atoms with Crippen LogP contribution < -0.4 is 10.6 Å². The molecule has 0 aliphatic rings. The van der Waals surface area contributed by atoms with Crippen molar-refractivity contribution >= 4 is 35.2 Å². The number of halogens is 1. The number of rotatable bonds is 7. The van der Waals surface area contributed by atoms with Crippen molar-refractivity contribution in [3.63, 3.8) is 0 Å².